The molecule has 0 aliphatic carbocycles. The molecule has 0 saturated carbocycles. The molecule has 2 amide bonds. The fourth-order valence-corrected chi connectivity index (χ4v) is 2.90. The quantitative estimate of drug-likeness (QED) is 0.761. The Kier molecular flexibility index (Phi) is 5.98. The number of aryl methyl sites for hydroxylation is 2. The van der Waals surface area contributed by atoms with Crippen LogP contribution in [0.25, 0.3) is 0 Å². The number of carbonyl (C=O) groups excluding carboxylic acids is 1. The van der Waals surface area contributed by atoms with Gasteiger partial charge in [-0.2, -0.15) is 5.10 Å². The van der Waals surface area contributed by atoms with Gasteiger partial charge in [-0.25, -0.2) is 4.79 Å². The number of hydrogen-bond acceptors (Lipinski definition) is 3. The summed E-state index contributed by atoms with van der Waals surface area (Å²) in [6.07, 6.45) is -0.108. The Hall–Kier alpha value is -2.34. The summed E-state index contributed by atoms with van der Waals surface area (Å²) in [4.78, 5) is 12.0. The van der Waals surface area contributed by atoms with Crippen molar-refractivity contribution in [2.24, 2.45) is 7.05 Å². The van der Waals surface area contributed by atoms with Gasteiger partial charge in [0, 0.05) is 24.8 Å². The van der Waals surface area contributed by atoms with Gasteiger partial charge in [0.15, 0.2) is 0 Å². The van der Waals surface area contributed by atoms with Gasteiger partial charge in [-0.15, -0.1) is 0 Å². The van der Waals surface area contributed by atoms with Gasteiger partial charge >= 0.3 is 6.03 Å². The van der Waals surface area contributed by atoms with Crippen molar-refractivity contribution in [1.29, 1.82) is 0 Å². The number of hydrogen-bond donors (Lipinski definition) is 3. The zero-order valence-corrected chi connectivity index (χ0v) is 14.7. The van der Waals surface area contributed by atoms with E-state index in [1.54, 1.807) is 0 Å². The minimum Gasteiger partial charge on any atom is -0.388 e. The van der Waals surface area contributed by atoms with Crippen molar-refractivity contribution >= 4 is 6.03 Å². The number of aliphatic hydroxyl groups is 1. The van der Waals surface area contributed by atoms with Crippen LogP contribution in [0.1, 0.15) is 48.0 Å². The molecule has 0 fully saturated rings. The lowest BCUT2D eigenvalue weighted by molar-refractivity contribution is 0.166. The van der Waals surface area contributed by atoms with E-state index in [-0.39, 0.29) is 12.1 Å². The van der Waals surface area contributed by atoms with Crippen molar-refractivity contribution in [3.63, 3.8) is 0 Å². The number of carbonyl (C=O) groups is 1. The van der Waals surface area contributed by atoms with Gasteiger partial charge in [0.1, 0.15) is 0 Å². The van der Waals surface area contributed by atoms with Crippen molar-refractivity contribution in [3.05, 3.63) is 52.8 Å². The fourth-order valence-electron chi connectivity index (χ4n) is 2.90. The van der Waals surface area contributed by atoms with Crippen LogP contribution in [0, 0.1) is 13.8 Å². The lowest BCUT2D eigenvalue weighted by atomic mass is 10.1. The van der Waals surface area contributed by atoms with Crippen LogP contribution in [0.15, 0.2) is 30.3 Å². The summed E-state index contributed by atoms with van der Waals surface area (Å²) in [5.74, 6) is 0. The minimum atomic E-state index is -0.577. The van der Waals surface area contributed by atoms with E-state index < -0.39 is 6.10 Å². The lowest BCUT2D eigenvalue weighted by Crippen LogP contribution is -2.38. The number of urea groups is 1. The van der Waals surface area contributed by atoms with Crippen molar-refractivity contribution in [2.45, 2.75) is 39.3 Å². The number of amides is 2. The van der Waals surface area contributed by atoms with Crippen LogP contribution in [-0.2, 0) is 7.05 Å². The Morgan fingerprint density at radius 3 is 2.54 bits per heavy atom. The molecule has 0 unspecified atom stereocenters. The monoisotopic (exact) mass is 330 g/mol. The van der Waals surface area contributed by atoms with Gasteiger partial charge in [0.2, 0.25) is 0 Å². The maximum atomic E-state index is 12.0. The molecule has 1 aromatic carbocycles. The summed E-state index contributed by atoms with van der Waals surface area (Å²) in [5.41, 5.74) is 3.86. The van der Waals surface area contributed by atoms with E-state index in [0.717, 1.165) is 22.5 Å². The molecular formula is C18H26N4O2. The minimum absolute atomic E-state index is 0.127. The molecular weight excluding hydrogens is 304 g/mol. The Bertz CT molecular complexity index is 682. The number of aliphatic hydroxyl groups excluding tert-OH is 1. The van der Waals surface area contributed by atoms with Gasteiger partial charge in [0.25, 0.3) is 0 Å². The van der Waals surface area contributed by atoms with Crippen LogP contribution in [0.2, 0.25) is 0 Å². The Morgan fingerprint density at radius 2 is 1.96 bits per heavy atom. The van der Waals surface area contributed by atoms with Crippen LogP contribution in [0.4, 0.5) is 4.79 Å². The molecule has 2 aromatic rings. The van der Waals surface area contributed by atoms with E-state index in [1.165, 1.54) is 0 Å². The molecule has 24 heavy (non-hydrogen) atoms. The maximum absolute atomic E-state index is 12.0. The smallest absolute Gasteiger partial charge is 0.315 e. The van der Waals surface area contributed by atoms with Crippen molar-refractivity contribution < 1.29 is 9.90 Å². The van der Waals surface area contributed by atoms with Gasteiger partial charge < -0.3 is 15.7 Å². The lowest BCUT2D eigenvalue weighted by Gasteiger charge is -2.16. The highest BCUT2D eigenvalue weighted by molar-refractivity contribution is 5.74. The molecule has 0 aliphatic heterocycles. The van der Waals surface area contributed by atoms with Crippen LogP contribution >= 0.6 is 0 Å². The molecule has 0 aliphatic rings. The highest BCUT2D eigenvalue weighted by atomic mass is 16.3. The van der Waals surface area contributed by atoms with Gasteiger partial charge in [-0.1, -0.05) is 30.3 Å². The average molecular weight is 330 g/mol. The SMILES string of the molecule is Cc1nn(C)c(C)c1[C@@H](C)NC(=O)NCC[C@H](O)c1ccccc1. The number of nitrogens with one attached hydrogen (secondary N) is 2. The van der Waals surface area contributed by atoms with Gasteiger partial charge in [-0.3, -0.25) is 4.68 Å². The molecule has 1 aromatic heterocycles. The van der Waals surface area contributed by atoms with E-state index >= 15 is 0 Å². The van der Waals surface area contributed by atoms with Crippen molar-refractivity contribution in [3.8, 4) is 0 Å². The maximum Gasteiger partial charge on any atom is 0.315 e. The summed E-state index contributed by atoms with van der Waals surface area (Å²) in [6.45, 7) is 6.27. The first-order chi connectivity index (χ1) is 11.4. The topological polar surface area (TPSA) is 79.2 Å². The summed E-state index contributed by atoms with van der Waals surface area (Å²) in [7, 11) is 1.89. The largest absolute Gasteiger partial charge is 0.388 e. The molecule has 0 spiro atoms. The first-order valence-electron chi connectivity index (χ1n) is 8.17. The second kappa shape index (κ2) is 7.97. The van der Waals surface area contributed by atoms with Gasteiger partial charge in [0.05, 0.1) is 17.8 Å². The number of benzene rings is 1. The van der Waals surface area contributed by atoms with E-state index in [0.29, 0.717) is 13.0 Å². The van der Waals surface area contributed by atoms with Crippen molar-refractivity contribution in [1.82, 2.24) is 20.4 Å². The van der Waals surface area contributed by atoms with Crippen LogP contribution in [-0.4, -0.2) is 27.5 Å². The Labute approximate surface area is 142 Å². The summed E-state index contributed by atoms with van der Waals surface area (Å²) in [5, 5.41) is 20.2. The average Bonchev–Trinajstić information content (AvgIpc) is 2.80. The summed E-state index contributed by atoms with van der Waals surface area (Å²) < 4.78 is 1.82. The molecule has 3 N–H and O–H groups in total. The molecule has 6 heteroatoms. The zero-order chi connectivity index (χ0) is 17.7. The zero-order valence-electron chi connectivity index (χ0n) is 14.7. The molecule has 6 nitrogen and oxygen atoms in total. The van der Waals surface area contributed by atoms with Crippen molar-refractivity contribution in [2.75, 3.05) is 6.54 Å². The third kappa shape index (κ3) is 4.35. The number of aromatic nitrogens is 2. The normalized spacial score (nSPS) is 13.4. The number of rotatable bonds is 6. The molecule has 0 bridgehead atoms. The van der Waals surface area contributed by atoms with E-state index in [4.69, 9.17) is 0 Å². The van der Waals surface area contributed by atoms with Gasteiger partial charge in [-0.05, 0) is 32.8 Å². The highest BCUT2D eigenvalue weighted by Crippen LogP contribution is 2.20. The molecule has 2 atom stereocenters. The molecule has 1 heterocycles. The summed E-state index contributed by atoms with van der Waals surface area (Å²) >= 11 is 0. The van der Waals surface area contributed by atoms with E-state index in [1.807, 2.05) is 62.8 Å². The Balaban J connectivity index is 1.81. The first-order valence-corrected chi connectivity index (χ1v) is 8.17. The fraction of sp³-hybridized carbons (Fsp3) is 0.444. The molecule has 0 saturated heterocycles. The van der Waals surface area contributed by atoms with Crippen LogP contribution in [0.5, 0.6) is 0 Å². The first kappa shape index (κ1) is 18.0. The third-order valence-electron chi connectivity index (χ3n) is 4.23. The second-order valence-electron chi connectivity index (χ2n) is 6.05. The van der Waals surface area contributed by atoms with E-state index in [9.17, 15) is 9.90 Å². The summed E-state index contributed by atoms with van der Waals surface area (Å²) in [6, 6.07) is 9.06. The van der Waals surface area contributed by atoms with Crippen LogP contribution in [0.3, 0.4) is 0 Å². The predicted octanol–water partition coefficient (Wildman–Crippen LogP) is 2.52. The third-order valence-corrected chi connectivity index (χ3v) is 4.23. The Morgan fingerprint density at radius 1 is 1.29 bits per heavy atom. The predicted molar refractivity (Wildman–Crippen MR) is 93.7 cm³/mol. The molecule has 0 radical (unpaired) electrons. The van der Waals surface area contributed by atoms with E-state index in [2.05, 4.69) is 15.7 Å². The standard InChI is InChI=1S/C18H26N4O2/c1-12(17-13(2)21-22(4)14(17)3)20-18(24)19-11-10-16(23)15-8-6-5-7-9-15/h5-9,12,16,23H,10-11H2,1-4H3,(H2,19,20,24)/t12-,16+/m1/s1. The van der Waals surface area contributed by atoms with Crippen LogP contribution < -0.4 is 10.6 Å². The second-order valence-corrected chi connectivity index (χ2v) is 6.05. The molecule has 2 rings (SSSR count). The highest BCUT2D eigenvalue weighted by Gasteiger charge is 2.18. The number of nitrogens with zero attached hydrogens (tertiary/aromatic N) is 2. The molecule has 130 valence electrons.